The Morgan fingerprint density at radius 2 is 0.569 bits per heavy atom. The number of imidazole rings is 2. The topological polar surface area (TPSA) is 72.7 Å². The van der Waals surface area contributed by atoms with Gasteiger partial charge in [-0.2, -0.15) is 0 Å². The zero-order valence-electron chi connectivity index (χ0n) is 39.0. The van der Waals surface area contributed by atoms with E-state index in [0.717, 1.165) is 91.3 Å². The molecule has 8 aromatic carbocycles. The molecule has 8 bridgehead atoms. The molecule has 13 rings (SSSR count). The predicted octanol–water partition coefficient (Wildman–Crippen LogP) is 13.3. The highest BCUT2D eigenvalue weighted by atomic mass is 15.4. The molecule has 10 heteroatoms. The van der Waals surface area contributed by atoms with Gasteiger partial charge in [-0.25, -0.2) is 9.97 Å². The number of aromatic nitrogens is 4. The van der Waals surface area contributed by atoms with Crippen LogP contribution in [0.4, 0.5) is 34.4 Å². The summed E-state index contributed by atoms with van der Waals surface area (Å²) in [6, 6.07) is 83.9. The van der Waals surface area contributed by atoms with E-state index in [1.807, 2.05) is 24.3 Å². The first-order chi connectivity index (χ1) is 35.7. The van der Waals surface area contributed by atoms with Gasteiger partial charge in [-0.1, -0.05) is 170 Å². The van der Waals surface area contributed by atoms with Crippen molar-refractivity contribution in [1.82, 2.24) is 29.7 Å². The van der Waals surface area contributed by atoms with E-state index in [1.165, 1.54) is 0 Å². The highest BCUT2D eigenvalue weighted by Crippen LogP contribution is 2.44. The molecule has 0 fully saturated rings. The van der Waals surface area contributed by atoms with E-state index >= 15 is 0 Å². The van der Waals surface area contributed by atoms with Crippen LogP contribution in [0.5, 0.6) is 0 Å². The number of nitrogens with zero attached hydrogens (tertiary/aromatic N) is 8. The Hall–Kier alpha value is -10.1. The lowest BCUT2D eigenvalue weighted by atomic mass is 10.0. The summed E-state index contributed by atoms with van der Waals surface area (Å²) in [5, 5.41) is 8.06. The third-order valence-corrected chi connectivity index (χ3v) is 13.0. The van der Waals surface area contributed by atoms with Crippen LogP contribution in [0.3, 0.4) is 0 Å². The highest BCUT2D eigenvalue weighted by molar-refractivity contribution is 5.89. The number of rotatable bonds is 8. The second-order valence-corrected chi connectivity index (χ2v) is 17.5. The van der Waals surface area contributed by atoms with E-state index < -0.39 is 0 Å². The molecular formula is C62H46N10. The van der Waals surface area contributed by atoms with Crippen LogP contribution in [0.15, 0.2) is 291 Å². The summed E-state index contributed by atoms with van der Waals surface area (Å²) in [5.74, 6) is 6.08. The van der Waals surface area contributed by atoms with E-state index in [2.05, 4.69) is 283 Å². The van der Waals surface area contributed by atoms with Gasteiger partial charge in [-0.05, 0) is 83.9 Å². The van der Waals surface area contributed by atoms with Crippen molar-refractivity contribution in [3.8, 4) is 11.4 Å². The van der Waals surface area contributed by atoms with E-state index in [-0.39, 0.29) is 0 Å². The number of hydrogen-bond donors (Lipinski definition) is 2. The largest absolute Gasteiger partial charge is 0.325 e. The van der Waals surface area contributed by atoms with Crippen molar-refractivity contribution in [2.24, 2.45) is 0 Å². The standard InChI is InChI=1S/C62H46N10/c1-9-25-45(26-10-1)57-59-63-53(41-67(59)47-29-13-3-14-30-47)71(51-37-21-7-22-38-51)55-43-69(49-33-17-5-18-34-49)61(65-55)58(46-27-11-2-12-28-46)62-66-56(44-70(62)50-35-19-6-20-36-50)72(52-39-23-8-24-40-52)54-42-68(60(57)64-54)48-31-15-4-16-32-48/h1-44,63,66H. The summed E-state index contributed by atoms with van der Waals surface area (Å²) in [4.78, 5) is 20.5. The SMILES string of the molecule is C1=C2NC(=C(c3ccccc3)c3nc(cn3-c3ccccc3)N(c3ccccc3)C3=CN(c4ccccc4)C(=C(c4ccccc4)c4nc(cn4-c4ccccc4)N2c2ccccc2)N3)N1c1ccccc1. The molecule has 2 N–H and O–H groups in total. The third-order valence-electron chi connectivity index (χ3n) is 13.0. The molecule has 0 amide bonds. The summed E-state index contributed by atoms with van der Waals surface area (Å²) in [7, 11) is 0. The number of hydrogen-bond acceptors (Lipinski definition) is 8. The summed E-state index contributed by atoms with van der Waals surface area (Å²) in [5.41, 5.74) is 9.43. The van der Waals surface area contributed by atoms with Crippen molar-refractivity contribution in [2.45, 2.75) is 0 Å². The average molecular weight is 931 g/mol. The van der Waals surface area contributed by atoms with Crippen molar-refractivity contribution in [1.29, 1.82) is 0 Å². The van der Waals surface area contributed by atoms with Crippen LogP contribution in [0.25, 0.3) is 22.5 Å². The van der Waals surface area contributed by atoms with Crippen LogP contribution in [0.1, 0.15) is 22.8 Å². The van der Waals surface area contributed by atoms with Crippen LogP contribution < -0.4 is 30.2 Å². The van der Waals surface area contributed by atoms with E-state index in [4.69, 9.17) is 9.97 Å². The molecule has 0 saturated carbocycles. The van der Waals surface area contributed by atoms with Gasteiger partial charge < -0.3 is 10.6 Å². The van der Waals surface area contributed by atoms with Gasteiger partial charge in [0.2, 0.25) is 0 Å². The molecule has 3 aliphatic heterocycles. The normalized spacial score (nSPS) is 14.3. The maximum atomic E-state index is 5.81. The van der Waals surface area contributed by atoms with Gasteiger partial charge in [0.1, 0.15) is 23.3 Å². The zero-order valence-corrected chi connectivity index (χ0v) is 39.0. The van der Waals surface area contributed by atoms with Crippen LogP contribution in [0, 0.1) is 0 Å². The molecule has 10 nitrogen and oxygen atoms in total. The maximum Gasteiger partial charge on any atom is 0.158 e. The molecule has 0 atom stereocenters. The first-order valence-electron chi connectivity index (χ1n) is 24.0. The van der Waals surface area contributed by atoms with Crippen molar-refractivity contribution < 1.29 is 0 Å². The van der Waals surface area contributed by atoms with Crippen LogP contribution in [0.2, 0.25) is 0 Å². The fraction of sp³-hybridized carbons (Fsp3) is 0. The summed E-state index contributed by atoms with van der Waals surface area (Å²) in [6.07, 6.45) is 8.65. The second kappa shape index (κ2) is 18.1. The fourth-order valence-electron chi connectivity index (χ4n) is 9.75. The lowest BCUT2D eigenvalue weighted by molar-refractivity contribution is 0.926. The van der Waals surface area contributed by atoms with Crippen molar-refractivity contribution >= 4 is 45.5 Å². The lowest BCUT2D eigenvalue weighted by Crippen LogP contribution is -2.28. The van der Waals surface area contributed by atoms with Gasteiger partial charge >= 0.3 is 0 Å². The van der Waals surface area contributed by atoms with E-state index in [0.29, 0.717) is 11.6 Å². The number of para-hydroxylation sites is 6. The Balaban J connectivity index is 1.19. The fourth-order valence-corrected chi connectivity index (χ4v) is 9.75. The molecule has 0 saturated heterocycles. The highest BCUT2D eigenvalue weighted by Gasteiger charge is 2.36. The molecule has 10 aromatic rings. The van der Waals surface area contributed by atoms with Gasteiger partial charge in [-0.15, -0.1) is 0 Å². The minimum Gasteiger partial charge on any atom is -0.325 e. The second-order valence-electron chi connectivity index (χ2n) is 17.5. The maximum absolute atomic E-state index is 5.81. The quantitative estimate of drug-likeness (QED) is 0.156. The van der Waals surface area contributed by atoms with Crippen molar-refractivity contribution in [3.05, 3.63) is 314 Å². The Labute approximate surface area is 418 Å². The zero-order chi connectivity index (χ0) is 47.8. The van der Waals surface area contributed by atoms with Crippen molar-refractivity contribution in [2.75, 3.05) is 19.6 Å². The van der Waals surface area contributed by atoms with Crippen molar-refractivity contribution in [3.63, 3.8) is 0 Å². The van der Waals surface area contributed by atoms with Gasteiger partial charge in [0.05, 0.1) is 35.9 Å². The average Bonchev–Trinajstić information content (AvgIpc) is 4.28. The van der Waals surface area contributed by atoms with Gasteiger partial charge in [-0.3, -0.25) is 28.7 Å². The third kappa shape index (κ3) is 7.56. The molecule has 72 heavy (non-hydrogen) atoms. The smallest absolute Gasteiger partial charge is 0.158 e. The Morgan fingerprint density at radius 3 is 0.889 bits per heavy atom. The number of nitrogens with one attached hydrogen (secondary N) is 2. The van der Waals surface area contributed by atoms with Crippen LogP contribution in [-0.2, 0) is 0 Å². The van der Waals surface area contributed by atoms with E-state index in [9.17, 15) is 0 Å². The molecule has 3 aliphatic rings. The Kier molecular flexibility index (Phi) is 10.6. The molecule has 2 aromatic heterocycles. The number of benzene rings is 8. The molecular weight excluding hydrogens is 885 g/mol. The minimum absolute atomic E-state index is 0.701. The first kappa shape index (κ1) is 42.1. The monoisotopic (exact) mass is 930 g/mol. The number of anilines is 6. The lowest BCUT2D eigenvalue weighted by Gasteiger charge is -2.25. The predicted molar refractivity (Wildman–Crippen MR) is 289 cm³/mol. The number of fused-ring (bicyclic) bond motifs is 8. The minimum atomic E-state index is 0.701. The van der Waals surface area contributed by atoms with Gasteiger partial charge in [0, 0.05) is 34.1 Å². The van der Waals surface area contributed by atoms with E-state index in [1.54, 1.807) is 0 Å². The van der Waals surface area contributed by atoms with Crippen LogP contribution in [-0.4, -0.2) is 19.1 Å². The molecule has 344 valence electrons. The van der Waals surface area contributed by atoms with Gasteiger partial charge in [0.25, 0.3) is 0 Å². The van der Waals surface area contributed by atoms with Gasteiger partial charge in [0.15, 0.2) is 23.3 Å². The molecule has 0 unspecified atom stereocenters. The Bertz CT molecular complexity index is 3420. The first-order valence-corrected chi connectivity index (χ1v) is 24.0. The molecule has 0 spiro atoms. The molecule has 5 heterocycles. The molecule has 0 radical (unpaired) electrons. The molecule has 0 aliphatic carbocycles. The summed E-state index contributed by atoms with van der Waals surface area (Å²) in [6.45, 7) is 0. The summed E-state index contributed by atoms with van der Waals surface area (Å²) >= 11 is 0. The summed E-state index contributed by atoms with van der Waals surface area (Å²) < 4.78 is 4.42. The Morgan fingerprint density at radius 1 is 0.292 bits per heavy atom. The van der Waals surface area contributed by atoms with Crippen LogP contribution >= 0.6 is 0 Å².